The largest absolute Gasteiger partial charge is 0.468 e. The molecule has 0 radical (unpaired) electrons. The van der Waals surface area contributed by atoms with Crippen LogP contribution in [0.15, 0.2) is 48.5 Å². The fourth-order valence-electron chi connectivity index (χ4n) is 2.24. The van der Waals surface area contributed by atoms with E-state index in [1.165, 1.54) is 37.3 Å². The second-order valence-corrected chi connectivity index (χ2v) is 5.49. The first kappa shape index (κ1) is 19.3. The van der Waals surface area contributed by atoms with Gasteiger partial charge in [0.1, 0.15) is 6.54 Å². The van der Waals surface area contributed by atoms with Crippen LogP contribution in [0, 0.1) is 0 Å². The van der Waals surface area contributed by atoms with Crippen LogP contribution in [0.5, 0.6) is 0 Å². The van der Waals surface area contributed by atoms with Crippen LogP contribution in [-0.2, 0) is 15.7 Å². The highest BCUT2D eigenvalue weighted by Gasteiger charge is 2.30. The summed E-state index contributed by atoms with van der Waals surface area (Å²) in [5, 5.41) is 2.82. The first-order valence-corrected chi connectivity index (χ1v) is 7.58. The number of alkyl halides is 3. The molecule has 0 aliphatic heterocycles. The summed E-state index contributed by atoms with van der Waals surface area (Å²) in [6.45, 7) is -0.243. The zero-order valence-corrected chi connectivity index (χ0v) is 14.1. The van der Waals surface area contributed by atoms with Crippen molar-refractivity contribution in [2.75, 3.05) is 26.0 Å². The number of carbonyl (C=O) groups excluding carboxylic acids is 2. The van der Waals surface area contributed by atoms with E-state index in [9.17, 15) is 22.8 Å². The molecular weight excluding hydrogens is 349 g/mol. The molecule has 0 atom stereocenters. The van der Waals surface area contributed by atoms with Gasteiger partial charge in [0.05, 0.1) is 23.9 Å². The summed E-state index contributed by atoms with van der Waals surface area (Å²) in [7, 11) is 2.64. The number of ether oxygens (including phenoxy) is 1. The quantitative estimate of drug-likeness (QED) is 0.820. The molecule has 0 saturated carbocycles. The van der Waals surface area contributed by atoms with Gasteiger partial charge in [0.2, 0.25) is 0 Å². The average molecular weight is 366 g/mol. The summed E-state index contributed by atoms with van der Waals surface area (Å²) in [5.41, 5.74) is -0.0605. The van der Waals surface area contributed by atoms with E-state index < -0.39 is 23.6 Å². The van der Waals surface area contributed by atoms with Crippen molar-refractivity contribution >= 4 is 23.3 Å². The number of anilines is 2. The number of hydrogen-bond acceptors (Lipinski definition) is 4. The second kappa shape index (κ2) is 7.90. The van der Waals surface area contributed by atoms with Crippen molar-refractivity contribution in [1.82, 2.24) is 4.90 Å². The van der Waals surface area contributed by atoms with Gasteiger partial charge in [0.15, 0.2) is 0 Å². The van der Waals surface area contributed by atoms with Crippen molar-refractivity contribution in [2.45, 2.75) is 6.18 Å². The van der Waals surface area contributed by atoms with Gasteiger partial charge in [0, 0.05) is 12.7 Å². The molecule has 2 rings (SSSR count). The minimum Gasteiger partial charge on any atom is -0.468 e. The summed E-state index contributed by atoms with van der Waals surface area (Å²) in [6.07, 6.45) is -4.46. The number of rotatable bonds is 5. The number of amides is 1. The Kier molecular flexibility index (Phi) is 5.86. The molecule has 0 unspecified atom stereocenters. The van der Waals surface area contributed by atoms with Gasteiger partial charge in [-0.05, 0) is 30.3 Å². The molecule has 0 aliphatic rings. The molecule has 1 amide bonds. The number of likely N-dealkylation sites (N-methyl/N-ethyl adjacent to an activating group) is 1. The smallest absolute Gasteiger partial charge is 0.416 e. The van der Waals surface area contributed by atoms with Crippen molar-refractivity contribution < 1.29 is 27.5 Å². The Morgan fingerprint density at radius 3 is 2.46 bits per heavy atom. The molecule has 0 fully saturated rings. The van der Waals surface area contributed by atoms with Crippen LogP contribution in [0.25, 0.3) is 0 Å². The lowest BCUT2D eigenvalue weighted by atomic mass is 10.1. The lowest BCUT2D eigenvalue weighted by molar-refractivity contribution is -0.141. The summed E-state index contributed by atoms with van der Waals surface area (Å²) in [5.74, 6) is -1.05. The van der Waals surface area contributed by atoms with Crippen LogP contribution in [0.4, 0.5) is 24.5 Å². The van der Waals surface area contributed by atoms with Gasteiger partial charge in [-0.15, -0.1) is 0 Å². The number of nitrogens with zero attached hydrogens (tertiary/aromatic N) is 1. The van der Waals surface area contributed by atoms with E-state index in [2.05, 4.69) is 10.1 Å². The van der Waals surface area contributed by atoms with E-state index in [0.717, 1.165) is 12.1 Å². The van der Waals surface area contributed by atoms with E-state index in [-0.39, 0.29) is 17.8 Å². The minimum absolute atomic E-state index is 0.190. The zero-order chi connectivity index (χ0) is 19.3. The van der Waals surface area contributed by atoms with Gasteiger partial charge in [-0.3, -0.25) is 9.59 Å². The van der Waals surface area contributed by atoms with E-state index in [1.54, 1.807) is 18.2 Å². The molecule has 26 heavy (non-hydrogen) atoms. The van der Waals surface area contributed by atoms with Gasteiger partial charge in [0.25, 0.3) is 5.91 Å². The molecular formula is C18H17F3N2O3. The van der Waals surface area contributed by atoms with Gasteiger partial charge >= 0.3 is 12.1 Å². The number of halogens is 3. The SMILES string of the molecule is COC(=O)CN(C)C(=O)c1ccccc1Nc1cccc(C(F)(F)F)c1. The predicted molar refractivity (Wildman–Crippen MR) is 90.1 cm³/mol. The van der Waals surface area contributed by atoms with Crippen LogP contribution in [0.1, 0.15) is 15.9 Å². The fourth-order valence-corrected chi connectivity index (χ4v) is 2.24. The monoisotopic (exact) mass is 366 g/mol. The number of nitrogens with one attached hydrogen (secondary N) is 1. The summed E-state index contributed by atoms with van der Waals surface area (Å²) in [6, 6.07) is 11.0. The van der Waals surface area contributed by atoms with Crippen LogP contribution in [0.3, 0.4) is 0 Å². The van der Waals surface area contributed by atoms with Crippen molar-refractivity contribution in [3.63, 3.8) is 0 Å². The van der Waals surface area contributed by atoms with Crippen molar-refractivity contribution in [3.05, 3.63) is 59.7 Å². The highest BCUT2D eigenvalue weighted by Crippen LogP contribution is 2.32. The first-order valence-electron chi connectivity index (χ1n) is 7.58. The molecule has 0 heterocycles. The third kappa shape index (κ3) is 4.75. The highest BCUT2D eigenvalue weighted by molar-refractivity contribution is 6.01. The number of carbonyl (C=O) groups is 2. The zero-order valence-electron chi connectivity index (χ0n) is 14.1. The summed E-state index contributed by atoms with van der Waals surface area (Å²) < 4.78 is 43.1. The lowest BCUT2D eigenvalue weighted by Gasteiger charge is -2.18. The minimum atomic E-state index is -4.46. The van der Waals surface area contributed by atoms with Gasteiger partial charge in [-0.2, -0.15) is 13.2 Å². The maximum Gasteiger partial charge on any atom is 0.416 e. The normalized spacial score (nSPS) is 11.0. The van der Waals surface area contributed by atoms with E-state index in [4.69, 9.17) is 0 Å². The molecule has 1 N–H and O–H groups in total. The maximum absolute atomic E-state index is 12.8. The molecule has 2 aromatic rings. The number of hydrogen-bond donors (Lipinski definition) is 1. The predicted octanol–water partition coefficient (Wildman–Crippen LogP) is 3.69. The van der Waals surface area contributed by atoms with Crippen molar-refractivity contribution in [3.8, 4) is 0 Å². The van der Waals surface area contributed by atoms with Crippen molar-refractivity contribution in [1.29, 1.82) is 0 Å². The topological polar surface area (TPSA) is 58.6 Å². The van der Waals surface area contributed by atoms with Crippen LogP contribution < -0.4 is 5.32 Å². The Labute approximate surface area is 148 Å². The number of esters is 1. The Hall–Kier alpha value is -3.03. The Balaban J connectivity index is 2.27. The Bertz CT molecular complexity index is 806. The summed E-state index contributed by atoms with van der Waals surface area (Å²) >= 11 is 0. The van der Waals surface area contributed by atoms with Crippen LogP contribution in [-0.4, -0.2) is 37.5 Å². The number of para-hydroxylation sites is 1. The summed E-state index contributed by atoms with van der Waals surface area (Å²) in [4.78, 5) is 25.0. The molecule has 0 saturated heterocycles. The van der Waals surface area contributed by atoms with Gasteiger partial charge in [-0.25, -0.2) is 0 Å². The standard InChI is InChI=1S/C18H17F3N2O3/c1-23(11-16(24)26-2)17(25)14-8-3-4-9-15(14)22-13-7-5-6-12(10-13)18(19,20)21/h3-10,22H,11H2,1-2H3. The van der Waals surface area contributed by atoms with E-state index in [0.29, 0.717) is 5.69 Å². The molecule has 138 valence electrons. The lowest BCUT2D eigenvalue weighted by Crippen LogP contribution is -2.33. The van der Waals surface area contributed by atoms with Crippen molar-refractivity contribution in [2.24, 2.45) is 0 Å². The number of methoxy groups -OCH3 is 1. The van der Waals surface area contributed by atoms with Gasteiger partial charge in [-0.1, -0.05) is 18.2 Å². The molecule has 0 aliphatic carbocycles. The van der Waals surface area contributed by atoms with Gasteiger partial charge < -0.3 is 15.0 Å². The third-order valence-electron chi connectivity index (χ3n) is 3.57. The Morgan fingerprint density at radius 1 is 1.12 bits per heavy atom. The fraction of sp³-hybridized carbons (Fsp3) is 0.222. The van der Waals surface area contributed by atoms with E-state index >= 15 is 0 Å². The number of benzene rings is 2. The molecule has 0 spiro atoms. The van der Waals surface area contributed by atoms with Crippen LogP contribution in [0.2, 0.25) is 0 Å². The van der Waals surface area contributed by atoms with E-state index in [1.807, 2.05) is 0 Å². The molecule has 2 aromatic carbocycles. The molecule has 5 nitrogen and oxygen atoms in total. The molecule has 8 heteroatoms. The average Bonchev–Trinajstić information content (AvgIpc) is 2.61. The first-order chi connectivity index (χ1) is 12.2. The maximum atomic E-state index is 12.8. The highest BCUT2D eigenvalue weighted by atomic mass is 19.4. The molecule has 0 aromatic heterocycles. The second-order valence-electron chi connectivity index (χ2n) is 5.49. The third-order valence-corrected chi connectivity index (χ3v) is 3.57. The molecule has 0 bridgehead atoms. The van der Waals surface area contributed by atoms with Crippen LogP contribution >= 0.6 is 0 Å². The Morgan fingerprint density at radius 2 is 1.81 bits per heavy atom.